The van der Waals surface area contributed by atoms with E-state index in [1.165, 1.54) is 5.56 Å². The molecular weight excluding hydrogens is 424 g/mol. The predicted molar refractivity (Wildman–Crippen MR) is 136 cm³/mol. The van der Waals surface area contributed by atoms with Crippen molar-refractivity contribution in [2.24, 2.45) is 11.8 Å². The van der Waals surface area contributed by atoms with Crippen LogP contribution in [0.1, 0.15) is 42.1 Å². The third kappa shape index (κ3) is 5.77. The van der Waals surface area contributed by atoms with Crippen molar-refractivity contribution >= 4 is 10.9 Å². The summed E-state index contributed by atoms with van der Waals surface area (Å²) < 4.78 is 5.36. The fourth-order valence-electron chi connectivity index (χ4n) is 4.94. The molecule has 0 amide bonds. The van der Waals surface area contributed by atoms with Crippen LogP contribution in [0.2, 0.25) is 0 Å². The van der Waals surface area contributed by atoms with E-state index in [0.29, 0.717) is 18.9 Å². The number of piperidine rings is 1. The Kier molecular flexibility index (Phi) is 8.18. The molecule has 5 nitrogen and oxygen atoms in total. The second kappa shape index (κ2) is 11.5. The minimum atomic E-state index is -0.574. The molecule has 0 aliphatic carbocycles. The standard InChI is InChI=1S/C29H34N2O3/c1-21-6-3-4-7-22(21)8-5-16-31-17-14-23(24(19-31)20-32)9-12-29(33)26-13-15-30-28-11-10-25(34-2)18-27(26)28/h3-4,6-7,10-11,13,15,18,23-24,29,32-33H,9,12,14,16-17,19-20H2,1-2H3/t23-,24-,29?/m1/s1. The number of pyridine rings is 1. The SMILES string of the molecule is COc1ccc2nccc(C(O)CC[C@@H]3CCN(CC#Cc4ccccc4C)C[C@@H]3CO)c2c1. The van der Waals surface area contributed by atoms with Crippen LogP contribution in [0.15, 0.2) is 54.7 Å². The van der Waals surface area contributed by atoms with Crippen LogP contribution in [0.3, 0.4) is 0 Å². The number of benzene rings is 2. The molecule has 2 aromatic carbocycles. The van der Waals surface area contributed by atoms with E-state index in [0.717, 1.165) is 53.7 Å². The molecule has 1 aliphatic heterocycles. The fraction of sp³-hybridized carbons (Fsp3) is 0.414. The number of nitrogens with zero attached hydrogens (tertiary/aromatic N) is 2. The summed E-state index contributed by atoms with van der Waals surface area (Å²) in [5, 5.41) is 22.0. The molecule has 0 radical (unpaired) electrons. The lowest BCUT2D eigenvalue weighted by atomic mass is 9.81. The number of ether oxygens (including phenoxy) is 1. The minimum Gasteiger partial charge on any atom is -0.497 e. The number of rotatable bonds is 7. The maximum atomic E-state index is 11.0. The number of methoxy groups -OCH3 is 1. The number of fused-ring (bicyclic) bond motifs is 1. The quantitative estimate of drug-likeness (QED) is 0.516. The molecule has 34 heavy (non-hydrogen) atoms. The number of hydrogen-bond donors (Lipinski definition) is 2. The Morgan fingerprint density at radius 3 is 2.82 bits per heavy atom. The highest BCUT2D eigenvalue weighted by molar-refractivity contribution is 5.83. The fourth-order valence-corrected chi connectivity index (χ4v) is 4.94. The molecule has 4 rings (SSSR count). The first-order chi connectivity index (χ1) is 16.6. The molecule has 1 aromatic heterocycles. The van der Waals surface area contributed by atoms with Gasteiger partial charge < -0.3 is 14.9 Å². The average molecular weight is 459 g/mol. The van der Waals surface area contributed by atoms with Gasteiger partial charge in [0.05, 0.1) is 25.3 Å². The van der Waals surface area contributed by atoms with Crippen molar-refractivity contribution in [2.45, 2.75) is 32.3 Å². The van der Waals surface area contributed by atoms with Gasteiger partial charge >= 0.3 is 0 Å². The molecule has 2 heterocycles. The van der Waals surface area contributed by atoms with Gasteiger partial charge in [-0.1, -0.05) is 30.0 Å². The lowest BCUT2D eigenvalue weighted by Crippen LogP contribution is -2.42. The zero-order chi connectivity index (χ0) is 23.9. The molecule has 3 atom stereocenters. The van der Waals surface area contributed by atoms with Crippen molar-refractivity contribution < 1.29 is 14.9 Å². The maximum absolute atomic E-state index is 11.0. The van der Waals surface area contributed by atoms with E-state index in [2.05, 4.69) is 40.8 Å². The maximum Gasteiger partial charge on any atom is 0.119 e. The molecule has 3 aromatic rings. The normalized spacial score (nSPS) is 19.4. The summed E-state index contributed by atoms with van der Waals surface area (Å²) in [6, 6.07) is 15.8. The molecule has 178 valence electrons. The molecule has 0 spiro atoms. The zero-order valence-corrected chi connectivity index (χ0v) is 20.1. The zero-order valence-electron chi connectivity index (χ0n) is 20.1. The molecule has 1 fully saturated rings. The van der Waals surface area contributed by atoms with Gasteiger partial charge in [0.2, 0.25) is 0 Å². The van der Waals surface area contributed by atoms with Crippen LogP contribution in [-0.4, -0.2) is 53.4 Å². The van der Waals surface area contributed by atoms with E-state index in [1.807, 2.05) is 36.4 Å². The van der Waals surface area contributed by atoms with Gasteiger partial charge in [-0.25, -0.2) is 0 Å². The van der Waals surface area contributed by atoms with Crippen LogP contribution < -0.4 is 4.74 Å². The lowest BCUT2D eigenvalue weighted by molar-refractivity contribution is 0.0640. The molecule has 1 aliphatic rings. The molecular formula is C29H34N2O3. The number of likely N-dealkylation sites (tertiary alicyclic amines) is 1. The highest BCUT2D eigenvalue weighted by Gasteiger charge is 2.29. The van der Waals surface area contributed by atoms with Gasteiger partial charge in [0.1, 0.15) is 5.75 Å². The minimum absolute atomic E-state index is 0.165. The number of hydrogen-bond acceptors (Lipinski definition) is 5. The van der Waals surface area contributed by atoms with Crippen molar-refractivity contribution in [3.63, 3.8) is 0 Å². The first-order valence-corrected chi connectivity index (χ1v) is 12.1. The van der Waals surface area contributed by atoms with Crippen LogP contribution >= 0.6 is 0 Å². The van der Waals surface area contributed by atoms with E-state index in [9.17, 15) is 10.2 Å². The van der Waals surface area contributed by atoms with Crippen LogP contribution in [0.25, 0.3) is 10.9 Å². The van der Waals surface area contributed by atoms with E-state index >= 15 is 0 Å². The van der Waals surface area contributed by atoms with Crippen molar-refractivity contribution in [2.75, 3.05) is 33.4 Å². The molecule has 0 saturated carbocycles. The summed E-state index contributed by atoms with van der Waals surface area (Å²) in [6.45, 7) is 4.77. The Hall–Kier alpha value is -2.91. The van der Waals surface area contributed by atoms with Crippen molar-refractivity contribution in [3.05, 3.63) is 71.4 Å². The summed E-state index contributed by atoms with van der Waals surface area (Å²) in [5.41, 5.74) is 4.01. The number of aliphatic hydroxyl groups excluding tert-OH is 2. The Morgan fingerprint density at radius 2 is 2.03 bits per heavy atom. The van der Waals surface area contributed by atoms with Crippen molar-refractivity contribution in [1.29, 1.82) is 0 Å². The highest BCUT2D eigenvalue weighted by Crippen LogP contribution is 2.33. The number of aliphatic hydroxyl groups is 2. The third-order valence-corrected chi connectivity index (χ3v) is 7.03. The summed E-state index contributed by atoms with van der Waals surface area (Å²) in [5.74, 6) is 7.94. The van der Waals surface area contributed by atoms with Gasteiger partial charge in [-0.2, -0.15) is 0 Å². The predicted octanol–water partition coefficient (Wildman–Crippen LogP) is 4.35. The van der Waals surface area contributed by atoms with Crippen LogP contribution in [0.4, 0.5) is 0 Å². The molecule has 5 heteroatoms. The Morgan fingerprint density at radius 1 is 1.18 bits per heavy atom. The summed E-state index contributed by atoms with van der Waals surface area (Å²) in [4.78, 5) is 6.75. The van der Waals surface area contributed by atoms with E-state index in [1.54, 1.807) is 13.3 Å². The number of aryl methyl sites for hydroxylation is 1. The smallest absolute Gasteiger partial charge is 0.119 e. The second-order valence-corrected chi connectivity index (χ2v) is 9.22. The largest absolute Gasteiger partial charge is 0.497 e. The highest BCUT2D eigenvalue weighted by atomic mass is 16.5. The summed E-state index contributed by atoms with van der Waals surface area (Å²) in [7, 11) is 1.64. The van der Waals surface area contributed by atoms with Crippen LogP contribution in [0.5, 0.6) is 5.75 Å². The molecule has 1 saturated heterocycles. The number of aromatic nitrogens is 1. The Bertz CT molecular complexity index is 1170. The lowest BCUT2D eigenvalue weighted by Gasteiger charge is -2.37. The molecule has 0 bridgehead atoms. The third-order valence-electron chi connectivity index (χ3n) is 7.03. The van der Waals surface area contributed by atoms with Gasteiger partial charge in [-0.3, -0.25) is 9.88 Å². The van der Waals surface area contributed by atoms with Gasteiger partial charge in [0, 0.05) is 30.3 Å². The van der Waals surface area contributed by atoms with E-state index in [-0.39, 0.29) is 12.5 Å². The molecule has 1 unspecified atom stereocenters. The Balaban J connectivity index is 1.34. The van der Waals surface area contributed by atoms with E-state index in [4.69, 9.17) is 4.74 Å². The Labute approximate surface area is 202 Å². The van der Waals surface area contributed by atoms with Gasteiger partial charge in [-0.15, -0.1) is 0 Å². The van der Waals surface area contributed by atoms with Gasteiger partial charge in [-0.05, 0) is 86.0 Å². The summed E-state index contributed by atoms with van der Waals surface area (Å²) >= 11 is 0. The average Bonchev–Trinajstić information content (AvgIpc) is 2.88. The topological polar surface area (TPSA) is 65.8 Å². The van der Waals surface area contributed by atoms with Gasteiger partial charge in [0.15, 0.2) is 0 Å². The van der Waals surface area contributed by atoms with Crippen molar-refractivity contribution in [3.8, 4) is 17.6 Å². The van der Waals surface area contributed by atoms with Crippen LogP contribution in [0, 0.1) is 30.6 Å². The first-order valence-electron chi connectivity index (χ1n) is 12.1. The van der Waals surface area contributed by atoms with E-state index < -0.39 is 6.10 Å². The monoisotopic (exact) mass is 458 g/mol. The summed E-state index contributed by atoms with van der Waals surface area (Å²) in [6.07, 6.45) is 3.72. The first kappa shape index (κ1) is 24.2. The molecule has 2 N–H and O–H groups in total. The van der Waals surface area contributed by atoms with Crippen molar-refractivity contribution in [1.82, 2.24) is 9.88 Å². The van der Waals surface area contributed by atoms with Crippen LogP contribution in [-0.2, 0) is 0 Å². The second-order valence-electron chi connectivity index (χ2n) is 9.22. The van der Waals surface area contributed by atoms with Gasteiger partial charge in [0.25, 0.3) is 0 Å².